The fourth-order valence-corrected chi connectivity index (χ4v) is 6.45. The zero-order valence-corrected chi connectivity index (χ0v) is 25.0. The molecule has 0 radical (unpaired) electrons. The van der Waals surface area contributed by atoms with Gasteiger partial charge < -0.3 is 15.0 Å². The molecule has 214 valence electrons. The van der Waals surface area contributed by atoms with Crippen LogP contribution in [0, 0.1) is 12.3 Å². The molecule has 9 nitrogen and oxygen atoms in total. The van der Waals surface area contributed by atoms with E-state index in [1.165, 1.54) is 21.4 Å². The van der Waals surface area contributed by atoms with Crippen molar-refractivity contribution in [3.8, 4) is 5.75 Å². The fourth-order valence-electron chi connectivity index (χ4n) is 4.37. The van der Waals surface area contributed by atoms with Crippen LogP contribution in [0.3, 0.4) is 0 Å². The molecule has 1 fully saturated rings. The van der Waals surface area contributed by atoms with Crippen molar-refractivity contribution in [2.75, 3.05) is 14.1 Å². The lowest BCUT2D eigenvalue weighted by Gasteiger charge is -2.15. The number of nitrogens with zero attached hydrogens (tertiary/aromatic N) is 3. The minimum atomic E-state index is -4.07. The van der Waals surface area contributed by atoms with Gasteiger partial charge in [-0.25, -0.2) is 17.4 Å². The van der Waals surface area contributed by atoms with E-state index in [1.54, 1.807) is 59.1 Å². The van der Waals surface area contributed by atoms with Crippen molar-refractivity contribution >= 4 is 44.0 Å². The molecule has 1 amide bonds. The number of amides is 1. The van der Waals surface area contributed by atoms with Crippen molar-refractivity contribution in [1.29, 1.82) is 0 Å². The van der Waals surface area contributed by atoms with E-state index in [0.29, 0.717) is 22.3 Å². The van der Waals surface area contributed by atoms with Crippen LogP contribution in [0.4, 0.5) is 0 Å². The van der Waals surface area contributed by atoms with Gasteiger partial charge in [0.2, 0.25) is 5.91 Å². The number of thiazole rings is 1. The number of rotatable bonds is 11. The van der Waals surface area contributed by atoms with Gasteiger partial charge in [-0.1, -0.05) is 24.6 Å². The zero-order valence-electron chi connectivity index (χ0n) is 23.4. The summed E-state index contributed by atoms with van der Waals surface area (Å²) in [6, 6.07) is 11.5. The van der Waals surface area contributed by atoms with Gasteiger partial charge in [0, 0.05) is 48.6 Å². The average Bonchev–Trinajstić information content (AvgIpc) is 3.33. The highest BCUT2D eigenvalue weighted by molar-refractivity contribution is 7.90. The molecule has 11 heteroatoms. The van der Waals surface area contributed by atoms with Crippen LogP contribution >= 0.6 is 11.3 Å². The Bertz CT molecular complexity index is 1730. The molecule has 2 aromatic carbocycles. The Morgan fingerprint density at radius 1 is 1.17 bits per heavy atom. The Morgan fingerprint density at radius 3 is 2.54 bits per heavy atom. The van der Waals surface area contributed by atoms with E-state index in [2.05, 4.69) is 10.3 Å². The van der Waals surface area contributed by atoms with Gasteiger partial charge in [0.25, 0.3) is 10.0 Å². The summed E-state index contributed by atoms with van der Waals surface area (Å²) in [5.74, 6) is -0.169. The Morgan fingerprint density at radius 2 is 1.90 bits per heavy atom. The maximum absolute atomic E-state index is 14.1. The number of carbonyl (C=O) groups is 2. The number of allylic oxidation sites excluding steroid dienone is 1. The first-order valence-corrected chi connectivity index (χ1v) is 15.5. The van der Waals surface area contributed by atoms with Gasteiger partial charge >= 0.3 is 0 Å². The molecule has 0 spiro atoms. The third kappa shape index (κ3) is 6.06. The highest BCUT2D eigenvalue weighted by Gasteiger charge is 2.44. The second kappa shape index (κ2) is 11.1. The second-order valence-electron chi connectivity index (χ2n) is 10.8. The molecule has 5 rings (SSSR count). The smallest absolute Gasteiger partial charge is 0.268 e. The first kappa shape index (κ1) is 28.6. The third-order valence-electron chi connectivity index (χ3n) is 7.12. The molecule has 2 aromatic heterocycles. The Balaban J connectivity index is 1.65. The summed E-state index contributed by atoms with van der Waals surface area (Å²) in [5.41, 5.74) is 3.90. The molecule has 1 saturated carbocycles. The predicted octanol–water partition coefficient (Wildman–Crippen LogP) is 4.90. The van der Waals surface area contributed by atoms with Crippen molar-refractivity contribution in [2.24, 2.45) is 5.41 Å². The lowest BCUT2D eigenvalue weighted by Crippen LogP contribution is -2.31. The summed E-state index contributed by atoms with van der Waals surface area (Å²) in [6.45, 7) is 3.90. The van der Waals surface area contributed by atoms with Gasteiger partial charge in [-0.2, -0.15) is 0 Å². The van der Waals surface area contributed by atoms with E-state index >= 15 is 0 Å². The number of nitrogens with one attached hydrogen (secondary N) is 1. The molecular weight excluding hydrogens is 560 g/mol. The van der Waals surface area contributed by atoms with Crippen molar-refractivity contribution in [3.63, 3.8) is 0 Å². The van der Waals surface area contributed by atoms with Crippen LogP contribution in [0.15, 0.2) is 70.5 Å². The van der Waals surface area contributed by atoms with Crippen molar-refractivity contribution < 1.29 is 22.7 Å². The molecular formula is C30H32N4O5S2. The molecule has 0 aliphatic heterocycles. The number of fused-ring (bicyclic) bond motifs is 1. The summed E-state index contributed by atoms with van der Waals surface area (Å²) in [7, 11) is -0.452. The van der Waals surface area contributed by atoms with Gasteiger partial charge in [0.1, 0.15) is 12.4 Å². The molecule has 0 atom stereocenters. The quantitative estimate of drug-likeness (QED) is 0.195. The summed E-state index contributed by atoms with van der Waals surface area (Å²) in [6.07, 6.45) is 4.68. The highest BCUT2D eigenvalue weighted by Crippen LogP contribution is 2.45. The van der Waals surface area contributed by atoms with Crippen molar-refractivity contribution in [1.82, 2.24) is 19.2 Å². The maximum atomic E-state index is 14.1. The molecule has 1 N–H and O–H groups in total. The van der Waals surface area contributed by atoms with E-state index in [1.807, 2.05) is 33.3 Å². The van der Waals surface area contributed by atoms with Gasteiger partial charge in [-0.05, 0) is 44.0 Å². The fraction of sp³-hybridized carbons (Fsp3) is 0.300. The number of aromatic nitrogens is 2. The largest absolute Gasteiger partial charge is 0.486 e. The topological polar surface area (TPSA) is 111 Å². The Labute approximate surface area is 243 Å². The van der Waals surface area contributed by atoms with Gasteiger partial charge in [-0.3, -0.25) is 9.59 Å². The molecule has 1 aliphatic carbocycles. The van der Waals surface area contributed by atoms with Gasteiger partial charge in [-0.15, -0.1) is 11.3 Å². The molecule has 1 aliphatic rings. The number of benzene rings is 2. The first-order chi connectivity index (χ1) is 19.5. The predicted molar refractivity (Wildman–Crippen MR) is 158 cm³/mol. The van der Waals surface area contributed by atoms with Crippen LogP contribution in [0.25, 0.3) is 10.9 Å². The summed E-state index contributed by atoms with van der Waals surface area (Å²) in [4.78, 5) is 32.1. The van der Waals surface area contributed by atoms with Crippen LogP contribution in [-0.4, -0.2) is 48.1 Å². The third-order valence-corrected chi connectivity index (χ3v) is 9.53. The highest BCUT2D eigenvalue weighted by atomic mass is 32.2. The van der Waals surface area contributed by atoms with Crippen LogP contribution in [0.2, 0.25) is 0 Å². The molecule has 0 unspecified atom stereocenters. The number of ether oxygens (including phenoxy) is 1. The van der Waals surface area contributed by atoms with E-state index in [4.69, 9.17) is 4.74 Å². The number of hydrogen-bond acceptors (Lipinski definition) is 8. The van der Waals surface area contributed by atoms with Crippen LogP contribution in [-0.2, 0) is 28.0 Å². The van der Waals surface area contributed by atoms with Crippen molar-refractivity contribution in [2.45, 2.75) is 44.7 Å². The summed E-state index contributed by atoms with van der Waals surface area (Å²) >= 11 is 1.43. The van der Waals surface area contributed by atoms with Gasteiger partial charge in [0.05, 0.1) is 39.4 Å². The minimum Gasteiger partial charge on any atom is -0.486 e. The number of aryl methyl sites for hydroxylation is 1. The lowest BCUT2D eigenvalue weighted by atomic mass is 10.1. The number of hydrogen-bond donors (Lipinski definition) is 1. The van der Waals surface area contributed by atoms with Crippen LogP contribution < -0.4 is 10.1 Å². The van der Waals surface area contributed by atoms with Crippen molar-refractivity contribution in [3.05, 3.63) is 88.1 Å². The van der Waals surface area contributed by atoms with E-state index in [9.17, 15) is 18.0 Å². The van der Waals surface area contributed by atoms with Gasteiger partial charge in [0.15, 0.2) is 5.78 Å². The molecule has 0 bridgehead atoms. The normalized spacial score (nSPS) is 14.3. The molecule has 4 aromatic rings. The molecule has 2 heterocycles. The maximum Gasteiger partial charge on any atom is 0.268 e. The Hall–Kier alpha value is -3.96. The number of carbonyl (C=O) groups excluding carboxylic acids is 2. The van der Waals surface area contributed by atoms with Crippen LogP contribution in [0.1, 0.15) is 47.1 Å². The Kier molecular flexibility index (Phi) is 7.76. The SMILES string of the molecule is Cc1ccc(S(=O)(=O)n2c(CNC(=O)C3(C)CC3)cc3cc(C(=O)/C=C/N(C)C)c(OCc4cscn4)cc32)cc1. The first-order valence-electron chi connectivity index (χ1n) is 13.2. The second-order valence-corrected chi connectivity index (χ2v) is 13.3. The van der Waals surface area contributed by atoms with E-state index in [0.717, 1.165) is 18.4 Å². The zero-order chi connectivity index (χ0) is 29.4. The minimum absolute atomic E-state index is 0.00697. The summed E-state index contributed by atoms with van der Waals surface area (Å²) in [5, 5.41) is 5.30. The van der Waals surface area contributed by atoms with Crippen LogP contribution in [0.5, 0.6) is 5.75 Å². The molecule has 41 heavy (non-hydrogen) atoms. The summed E-state index contributed by atoms with van der Waals surface area (Å²) < 4.78 is 35.4. The van der Waals surface area contributed by atoms with E-state index < -0.39 is 15.4 Å². The molecule has 0 saturated heterocycles. The monoisotopic (exact) mass is 592 g/mol. The number of ketones is 1. The standard InChI is InChI=1S/C30H32N4O5S2/c1-20-5-7-24(8-6-20)41(37,38)34-23(16-31-29(36)30(2)10-11-30)13-21-14-25(27(35)9-12-33(3)4)28(15-26(21)34)39-17-22-18-40-19-32-22/h5-9,12-15,18-19H,10-11,16-17H2,1-4H3,(H,31,36)/b12-9+. The van der Waals surface area contributed by atoms with E-state index in [-0.39, 0.29) is 41.1 Å². The lowest BCUT2D eigenvalue weighted by molar-refractivity contribution is -0.125. The average molecular weight is 593 g/mol.